The molecule has 2 nitrogen and oxygen atoms in total. The fourth-order valence-corrected chi connectivity index (χ4v) is 2.44. The van der Waals surface area contributed by atoms with Crippen LogP contribution in [0.3, 0.4) is 0 Å². The fraction of sp³-hybridized carbons (Fsp3) is 0.278. The highest BCUT2D eigenvalue weighted by Crippen LogP contribution is 2.33. The predicted octanol–water partition coefficient (Wildman–Crippen LogP) is 4.72. The largest absolute Gasteiger partial charge is 0.440 e. The summed E-state index contributed by atoms with van der Waals surface area (Å²) in [6.07, 6.45) is 1.04. The van der Waals surface area contributed by atoms with Crippen LogP contribution in [0.1, 0.15) is 37.8 Å². The van der Waals surface area contributed by atoms with Crippen molar-refractivity contribution in [3.8, 4) is 0 Å². The van der Waals surface area contributed by atoms with Gasteiger partial charge in [0.05, 0.1) is 5.41 Å². The smallest absolute Gasteiger partial charge is 0.205 e. The summed E-state index contributed by atoms with van der Waals surface area (Å²) in [4.78, 5) is 4.65. The highest BCUT2D eigenvalue weighted by atomic mass is 16.3. The zero-order chi connectivity index (χ0) is 14.2. The lowest BCUT2D eigenvalue weighted by molar-refractivity contribution is 0.433. The van der Waals surface area contributed by atoms with Gasteiger partial charge in [-0.2, -0.15) is 0 Å². The molecule has 3 aromatic rings. The summed E-state index contributed by atoms with van der Waals surface area (Å²) in [5, 5.41) is 0. The van der Waals surface area contributed by atoms with Gasteiger partial charge in [0, 0.05) is 0 Å². The maximum atomic E-state index is 5.95. The number of oxazole rings is 1. The molecule has 0 saturated carbocycles. The minimum absolute atomic E-state index is 0.232. The van der Waals surface area contributed by atoms with Gasteiger partial charge in [-0.25, -0.2) is 4.98 Å². The van der Waals surface area contributed by atoms with Crippen LogP contribution in [0.2, 0.25) is 0 Å². The number of hydrogen-bond acceptors (Lipinski definition) is 2. The van der Waals surface area contributed by atoms with Crippen molar-refractivity contribution in [2.75, 3.05) is 0 Å². The number of aromatic nitrogens is 1. The number of aryl methyl sites for hydroxylation is 1. The Morgan fingerprint density at radius 3 is 2.60 bits per heavy atom. The SMILES string of the molecule is CCc1cccc(C(C)(C)c2nc3ccccc3o2)c1. The summed E-state index contributed by atoms with van der Waals surface area (Å²) in [5.41, 5.74) is 4.11. The van der Waals surface area contributed by atoms with E-state index in [1.165, 1.54) is 11.1 Å². The van der Waals surface area contributed by atoms with Crippen molar-refractivity contribution in [2.24, 2.45) is 0 Å². The first-order valence-electron chi connectivity index (χ1n) is 7.06. The molecule has 0 spiro atoms. The molecule has 1 heterocycles. The lowest BCUT2D eigenvalue weighted by Gasteiger charge is -2.21. The Bertz CT molecular complexity index is 707. The molecule has 0 aliphatic carbocycles. The zero-order valence-electron chi connectivity index (χ0n) is 12.2. The number of benzene rings is 2. The molecule has 102 valence electrons. The first-order valence-corrected chi connectivity index (χ1v) is 7.06. The van der Waals surface area contributed by atoms with E-state index >= 15 is 0 Å². The van der Waals surface area contributed by atoms with Gasteiger partial charge in [-0.05, 0) is 43.5 Å². The number of para-hydroxylation sites is 2. The second kappa shape index (κ2) is 4.78. The average molecular weight is 265 g/mol. The highest BCUT2D eigenvalue weighted by molar-refractivity contribution is 5.72. The second-order valence-corrected chi connectivity index (χ2v) is 5.67. The van der Waals surface area contributed by atoms with Crippen LogP contribution in [0.15, 0.2) is 52.9 Å². The van der Waals surface area contributed by atoms with Gasteiger partial charge in [-0.1, -0.05) is 43.3 Å². The van der Waals surface area contributed by atoms with Crippen molar-refractivity contribution in [2.45, 2.75) is 32.6 Å². The maximum Gasteiger partial charge on any atom is 0.205 e. The van der Waals surface area contributed by atoms with E-state index in [1.807, 2.05) is 24.3 Å². The number of hydrogen-bond donors (Lipinski definition) is 0. The molecular weight excluding hydrogens is 246 g/mol. The minimum atomic E-state index is -0.232. The Kier molecular flexibility index (Phi) is 3.09. The van der Waals surface area contributed by atoms with E-state index in [0.29, 0.717) is 0 Å². The molecule has 0 aliphatic rings. The van der Waals surface area contributed by atoms with Crippen LogP contribution in [0, 0.1) is 0 Å². The van der Waals surface area contributed by atoms with E-state index in [2.05, 4.69) is 50.0 Å². The summed E-state index contributed by atoms with van der Waals surface area (Å²) in [6.45, 7) is 6.49. The van der Waals surface area contributed by atoms with E-state index in [4.69, 9.17) is 4.42 Å². The molecule has 0 unspecified atom stereocenters. The van der Waals surface area contributed by atoms with E-state index in [0.717, 1.165) is 23.4 Å². The molecule has 0 amide bonds. The van der Waals surface area contributed by atoms with Gasteiger partial charge >= 0.3 is 0 Å². The number of rotatable bonds is 3. The van der Waals surface area contributed by atoms with Crippen molar-refractivity contribution in [1.29, 1.82) is 0 Å². The minimum Gasteiger partial charge on any atom is -0.440 e. The monoisotopic (exact) mass is 265 g/mol. The molecule has 0 fully saturated rings. The first kappa shape index (κ1) is 12.9. The predicted molar refractivity (Wildman–Crippen MR) is 82.0 cm³/mol. The van der Waals surface area contributed by atoms with Gasteiger partial charge in [0.1, 0.15) is 5.52 Å². The molecule has 3 rings (SSSR count). The lowest BCUT2D eigenvalue weighted by Crippen LogP contribution is -2.19. The molecule has 0 saturated heterocycles. The Balaban J connectivity index is 2.09. The Morgan fingerprint density at radius 1 is 1.05 bits per heavy atom. The standard InChI is InChI=1S/C18H19NO/c1-4-13-8-7-9-14(12-13)18(2,3)17-19-15-10-5-6-11-16(15)20-17/h5-12H,4H2,1-3H3. The third-order valence-electron chi connectivity index (χ3n) is 3.89. The maximum absolute atomic E-state index is 5.95. The topological polar surface area (TPSA) is 26.0 Å². The van der Waals surface area contributed by atoms with E-state index in [-0.39, 0.29) is 5.41 Å². The van der Waals surface area contributed by atoms with Crippen molar-refractivity contribution >= 4 is 11.1 Å². The highest BCUT2D eigenvalue weighted by Gasteiger charge is 2.29. The van der Waals surface area contributed by atoms with Crippen molar-refractivity contribution < 1.29 is 4.42 Å². The van der Waals surface area contributed by atoms with Crippen molar-refractivity contribution in [3.05, 3.63) is 65.5 Å². The summed E-state index contributed by atoms with van der Waals surface area (Å²) >= 11 is 0. The normalized spacial score (nSPS) is 11.9. The molecule has 20 heavy (non-hydrogen) atoms. The average Bonchev–Trinajstić information content (AvgIpc) is 2.92. The summed E-state index contributed by atoms with van der Waals surface area (Å²) in [5.74, 6) is 0.770. The molecule has 1 aromatic heterocycles. The molecule has 2 heteroatoms. The Morgan fingerprint density at radius 2 is 1.85 bits per heavy atom. The van der Waals surface area contributed by atoms with Gasteiger partial charge in [-0.15, -0.1) is 0 Å². The lowest BCUT2D eigenvalue weighted by atomic mass is 9.83. The third kappa shape index (κ3) is 2.11. The molecular formula is C18H19NO. The Labute approximate surface area is 119 Å². The van der Waals surface area contributed by atoms with Gasteiger partial charge < -0.3 is 4.42 Å². The molecule has 0 N–H and O–H groups in total. The number of nitrogens with zero attached hydrogens (tertiary/aromatic N) is 1. The van der Waals surface area contributed by atoms with Crippen LogP contribution in [0.25, 0.3) is 11.1 Å². The summed E-state index contributed by atoms with van der Waals surface area (Å²) < 4.78 is 5.95. The van der Waals surface area contributed by atoms with Crippen LogP contribution in [0.5, 0.6) is 0 Å². The van der Waals surface area contributed by atoms with Crippen LogP contribution >= 0.6 is 0 Å². The van der Waals surface area contributed by atoms with Gasteiger partial charge in [0.2, 0.25) is 5.89 Å². The molecule has 0 radical (unpaired) electrons. The van der Waals surface area contributed by atoms with Crippen molar-refractivity contribution in [1.82, 2.24) is 4.98 Å². The van der Waals surface area contributed by atoms with Crippen LogP contribution < -0.4 is 0 Å². The van der Waals surface area contributed by atoms with Gasteiger partial charge in [0.25, 0.3) is 0 Å². The summed E-state index contributed by atoms with van der Waals surface area (Å²) in [7, 11) is 0. The van der Waals surface area contributed by atoms with Crippen LogP contribution in [0.4, 0.5) is 0 Å². The third-order valence-corrected chi connectivity index (χ3v) is 3.89. The quantitative estimate of drug-likeness (QED) is 0.685. The Hall–Kier alpha value is -2.09. The van der Waals surface area contributed by atoms with E-state index in [1.54, 1.807) is 0 Å². The molecule has 0 bridgehead atoms. The molecule has 2 aromatic carbocycles. The first-order chi connectivity index (χ1) is 9.61. The van der Waals surface area contributed by atoms with Crippen LogP contribution in [-0.4, -0.2) is 4.98 Å². The van der Waals surface area contributed by atoms with E-state index in [9.17, 15) is 0 Å². The van der Waals surface area contributed by atoms with Gasteiger partial charge in [0.15, 0.2) is 5.58 Å². The molecule has 0 atom stereocenters. The number of fused-ring (bicyclic) bond motifs is 1. The molecule has 0 aliphatic heterocycles. The van der Waals surface area contributed by atoms with Crippen LogP contribution in [-0.2, 0) is 11.8 Å². The zero-order valence-corrected chi connectivity index (χ0v) is 12.2. The van der Waals surface area contributed by atoms with Crippen molar-refractivity contribution in [3.63, 3.8) is 0 Å². The second-order valence-electron chi connectivity index (χ2n) is 5.67. The van der Waals surface area contributed by atoms with Gasteiger partial charge in [-0.3, -0.25) is 0 Å². The summed E-state index contributed by atoms with van der Waals surface area (Å²) in [6, 6.07) is 16.6. The van der Waals surface area contributed by atoms with E-state index < -0.39 is 0 Å². The fourth-order valence-electron chi connectivity index (χ4n) is 2.44.